The maximum Gasteiger partial charge on any atom is 0.256 e. The van der Waals surface area contributed by atoms with E-state index in [0.717, 1.165) is 54.5 Å². The zero-order valence-electron chi connectivity index (χ0n) is 20.6. The van der Waals surface area contributed by atoms with Gasteiger partial charge < -0.3 is 14.9 Å². The summed E-state index contributed by atoms with van der Waals surface area (Å²) in [4.78, 5) is 23.2. The highest BCUT2D eigenvalue weighted by Crippen LogP contribution is 2.35. The minimum atomic E-state index is -0.0543. The van der Waals surface area contributed by atoms with Crippen LogP contribution in [0.15, 0.2) is 55.2 Å². The molecule has 7 nitrogen and oxygen atoms in total. The van der Waals surface area contributed by atoms with Gasteiger partial charge in [0.25, 0.3) is 5.91 Å². The van der Waals surface area contributed by atoms with E-state index in [-0.39, 0.29) is 11.4 Å². The third kappa shape index (κ3) is 6.14. The zero-order chi connectivity index (χ0) is 25.9. The molecule has 0 bridgehead atoms. The molecule has 0 unspecified atom stereocenters. The van der Waals surface area contributed by atoms with E-state index in [2.05, 4.69) is 76.9 Å². The Morgan fingerprint density at radius 1 is 1.08 bits per heavy atom. The van der Waals surface area contributed by atoms with Gasteiger partial charge in [-0.1, -0.05) is 33.2 Å². The van der Waals surface area contributed by atoms with Crippen molar-refractivity contribution >= 4 is 59.4 Å². The summed E-state index contributed by atoms with van der Waals surface area (Å²) in [5, 5.41) is 16.2. The molecule has 1 aromatic heterocycles. The summed E-state index contributed by atoms with van der Waals surface area (Å²) in [5.74, 6) is 0.303. The zero-order valence-corrected chi connectivity index (χ0v) is 25.3. The van der Waals surface area contributed by atoms with E-state index in [1.54, 1.807) is 0 Å². The lowest BCUT2D eigenvalue weighted by Gasteiger charge is -2.49. The number of halogens is 3. The highest BCUT2D eigenvalue weighted by atomic mass is 79.9. The van der Waals surface area contributed by atoms with Crippen molar-refractivity contribution in [3.8, 4) is 0 Å². The summed E-state index contributed by atoms with van der Waals surface area (Å²) < 4.78 is 2.74. The van der Waals surface area contributed by atoms with Crippen LogP contribution in [0.3, 0.4) is 0 Å². The summed E-state index contributed by atoms with van der Waals surface area (Å²) in [6, 6.07) is 8.30. The molecule has 2 aliphatic rings. The predicted octanol–water partition coefficient (Wildman–Crippen LogP) is 5.76. The number of likely N-dealkylation sites (tertiary alicyclic amines) is 2. The molecule has 0 aliphatic carbocycles. The average molecular weight is 687 g/mol. The Kier molecular flexibility index (Phi) is 9.12. The Morgan fingerprint density at radius 2 is 1.67 bits per heavy atom. The number of aromatic nitrogens is 1. The number of carbonyl (C=O) groups excluding carboxylic acids is 1. The van der Waals surface area contributed by atoms with Gasteiger partial charge in [-0.2, -0.15) is 4.73 Å². The number of pyridine rings is 1. The first kappa shape index (κ1) is 27.5. The van der Waals surface area contributed by atoms with Gasteiger partial charge in [0, 0.05) is 29.0 Å². The van der Waals surface area contributed by atoms with Crippen molar-refractivity contribution in [3.63, 3.8) is 0 Å². The number of carbonyl (C=O) groups is 1. The first-order valence-corrected chi connectivity index (χ1v) is 14.7. The minimum Gasteiger partial charge on any atom is -0.619 e. The van der Waals surface area contributed by atoms with Crippen molar-refractivity contribution in [1.29, 1.82) is 0 Å². The van der Waals surface area contributed by atoms with Crippen molar-refractivity contribution in [2.75, 3.05) is 32.8 Å². The largest absolute Gasteiger partial charge is 0.619 e. The molecule has 1 amide bonds. The molecule has 2 saturated heterocycles. The van der Waals surface area contributed by atoms with Crippen LogP contribution in [-0.2, 0) is 4.84 Å². The second-order valence-corrected chi connectivity index (χ2v) is 12.3. The standard InChI is InChI=1S/C26H31Br3N4O3/c1-3-36-30-24(18-4-6-20(27)7-5-18)19-8-12-32(13-9-19)26(2)10-14-31(15-11-26)25(34)23-21(28)16-33(35)17-22(23)29/h4-7,16-17,19H,3,8-15H2,1-2H3/b30-24+. The third-order valence-corrected chi connectivity index (χ3v) is 9.11. The molecule has 2 fully saturated rings. The van der Waals surface area contributed by atoms with Crippen LogP contribution in [0.1, 0.15) is 55.5 Å². The van der Waals surface area contributed by atoms with Crippen LogP contribution < -0.4 is 4.73 Å². The van der Waals surface area contributed by atoms with E-state index in [9.17, 15) is 10.0 Å². The summed E-state index contributed by atoms with van der Waals surface area (Å²) in [6.45, 7) is 8.21. The summed E-state index contributed by atoms with van der Waals surface area (Å²) in [5.41, 5.74) is 2.71. The van der Waals surface area contributed by atoms with Crippen LogP contribution in [0.4, 0.5) is 0 Å². The maximum absolute atomic E-state index is 13.2. The fourth-order valence-corrected chi connectivity index (χ4v) is 6.88. The lowest BCUT2D eigenvalue weighted by Crippen LogP contribution is -2.56. The quantitative estimate of drug-likeness (QED) is 0.168. The Balaban J connectivity index is 1.38. The van der Waals surface area contributed by atoms with Crippen LogP contribution in [0, 0.1) is 11.1 Å². The second kappa shape index (κ2) is 11.9. The Labute approximate surface area is 237 Å². The minimum absolute atomic E-state index is 0.0543. The molecule has 0 saturated carbocycles. The van der Waals surface area contributed by atoms with Gasteiger partial charge in [0.05, 0.1) is 20.2 Å². The molecule has 2 aliphatic heterocycles. The van der Waals surface area contributed by atoms with Gasteiger partial charge in [0.2, 0.25) is 0 Å². The summed E-state index contributed by atoms with van der Waals surface area (Å²) in [6.07, 6.45) is 6.62. The Morgan fingerprint density at radius 3 is 2.22 bits per heavy atom. The first-order chi connectivity index (χ1) is 17.2. The van der Waals surface area contributed by atoms with E-state index in [0.29, 0.717) is 44.9 Å². The topological polar surface area (TPSA) is 72.1 Å². The van der Waals surface area contributed by atoms with E-state index >= 15 is 0 Å². The van der Waals surface area contributed by atoms with Crippen molar-refractivity contribution in [3.05, 3.63) is 66.4 Å². The smallest absolute Gasteiger partial charge is 0.256 e. The van der Waals surface area contributed by atoms with Crippen molar-refractivity contribution in [1.82, 2.24) is 9.80 Å². The molecule has 194 valence electrons. The van der Waals surface area contributed by atoms with Crippen molar-refractivity contribution in [2.45, 2.75) is 45.1 Å². The van der Waals surface area contributed by atoms with Crippen LogP contribution in [0.25, 0.3) is 0 Å². The van der Waals surface area contributed by atoms with Gasteiger partial charge in [-0.05, 0) is 102 Å². The van der Waals surface area contributed by atoms with E-state index in [4.69, 9.17) is 4.84 Å². The molecule has 4 rings (SSSR count). The van der Waals surface area contributed by atoms with Crippen LogP contribution in [-0.4, -0.2) is 59.7 Å². The van der Waals surface area contributed by atoms with Gasteiger partial charge in [-0.15, -0.1) is 0 Å². The lowest BCUT2D eigenvalue weighted by atomic mass is 9.82. The van der Waals surface area contributed by atoms with Crippen molar-refractivity contribution < 1.29 is 14.4 Å². The molecule has 2 aromatic rings. The number of hydrogen-bond acceptors (Lipinski definition) is 5. The highest BCUT2D eigenvalue weighted by Gasteiger charge is 2.40. The van der Waals surface area contributed by atoms with E-state index in [1.165, 1.54) is 12.4 Å². The molecule has 0 atom stereocenters. The normalized spacial score (nSPS) is 19.4. The Bertz CT molecular complexity index is 1090. The molecule has 0 N–H and O–H groups in total. The number of rotatable bonds is 6. The SMILES string of the molecule is CCO/N=C(\c1ccc(Br)cc1)C1CCN(C2(C)CCN(C(=O)c3c(Br)c[n+]([O-])cc3Br)CC2)CC1. The molecule has 3 heterocycles. The monoisotopic (exact) mass is 684 g/mol. The maximum atomic E-state index is 13.2. The number of amides is 1. The fourth-order valence-electron chi connectivity index (χ4n) is 5.18. The predicted molar refractivity (Wildman–Crippen MR) is 151 cm³/mol. The van der Waals surface area contributed by atoms with Gasteiger partial charge in [0.1, 0.15) is 6.61 Å². The van der Waals surface area contributed by atoms with Crippen LogP contribution in [0.5, 0.6) is 0 Å². The van der Waals surface area contributed by atoms with Gasteiger partial charge >= 0.3 is 0 Å². The second-order valence-electron chi connectivity index (χ2n) is 9.64. The lowest BCUT2D eigenvalue weighted by molar-refractivity contribution is -0.606. The molecule has 36 heavy (non-hydrogen) atoms. The number of hydrogen-bond donors (Lipinski definition) is 0. The number of nitrogens with zero attached hydrogens (tertiary/aromatic N) is 4. The molecular weight excluding hydrogens is 656 g/mol. The number of oxime groups is 1. The third-order valence-electron chi connectivity index (χ3n) is 7.38. The van der Waals surface area contributed by atoms with Gasteiger partial charge in [-0.3, -0.25) is 9.69 Å². The highest BCUT2D eigenvalue weighted by molar-refractivity contribution is 9.11. The van der Waals surface area contributed by atoms with Crippen LogP contribution >= 0.6 is 47.8 Å². The first-order valence-electron chi connectivity index (χ1n) is 12.3. The molecule has 1 aromatic carbocycles. The summed E-state index contributed by atoms with van der Waals surface area (Å²) in [7, 11) is 0. The number of piperidine rings is 2. The molecular formula is C26H31Br3N4O3. The summed E-state index contributed by atoms with van der Waals surface area (Å²) >= 11 is 10.3. The average Bonchev–Trinajstić information content (AvgIpc) is 2.85. The van der Waals surface area contributed by atoms with Crippen molar-refractivity contribution in [2.24, 2.45) is 11.1 Å². The van der Waals surface area contributed by atoms with E-state index in [1.807, 2.05) is 24.0 Å². The fraction of sp³-hybridized carbons (Fsp3) is 0.500. The molecule has 0 spiro atoms. The van der Waals surface area contributed by atoms with E-state index < -0.39 is 0 Å². The Hall–Kier alpha value is -1.49. The van der Waals surface area contributed by atoms with Gasteiger partial charge in [-0.25, -0.2) is 0 Å². The molecule has 10 heteroatoms. The molecule has 0 radical (unpaired) electrons. The van der Waals surface area contributed by atoms with Gasteiger partial charge in [0.15, 0.2) is 12.4 Å². The van der Waals surface area contributed by atoms with Crippen LogP contribution in [0.2, 0.25) is 0 Å². The number of benzene rings is 1.